The maximum atomic E-state index is 8.55. The monoisotopic (exact) mass is 145 g/mol. The predicted molar refractivity (Wildman–Crippen MR) is 44.1 cm³/mol. The Balaban J connectivity index is 3.21. The van der Waals surface area contributed by atoms with E-state index in [0.717, 1.165) is 26.1 Å². The SMILES string of the molecule is CCCN(CC)CCCO. The second kappa shape index (κ2) is 7.03. The third-order valence-corrected chi connectivity index (χ3v) is 1.62. The molecule has 0 atom stereocenters. The highest BCUT2D eigenvalue weighted by Crippen LogP contribution is 1.91. The van der Waals surface area contributed by atoms with Gasteiger partial charge in [0.2, 0.25) is 0 Å². The number of aliphatic hydroxyl groups is 1. The van der Waals surface area contributed by atoms with Crippen molar-refractivity contribution < 1.29 is 5.11 Å². The van der Waals surface area contributed by atoms with Gasteiger partial charge in [-0.3, -0.25) is 0 Å². The van der Waals surface area contributed by atoms with E-state index < -0.39 is 0 Å². The Hall–Kier alpha value is -0.0800. The highest BCUT2D eigenvalue weighted by Gasteiger charge is 1.97. The smallest absolute Gasteiger partial charge is 0.0443 e. The lowest BCUT2D eigenvalue weighted by Gasteiger charge is -2.18. The number of aliphatic hydroxyl groups excluding tert-OH is 1. The lowest BCUT2D eigenvalue weighted by atomic mass is 10.3. The van der Waals surface area contributed by atoms with E-state index in [4.69, 9.17) is 5.11 Å². The number of hydrogen-bond acceptors (Lipinski definition) is 2. The molecular weight excluding hydrogens is 126 g/mol. The van der Waals surface area contributed by atoms with Crippen molar-refractivity contribution in [3.05, 3.63) is 0 Å². The molecule has 0 radical (unpaired) electrons. The normalized spacial score (nSPS) is 10.8. The molecule has 1 N–H and O–H groups in total. The van der Waals surface area contributed by atoms with E-state index in [0.29, 0.717) is 6.61 Å². The van der Waals surface area contributed by atoms with E-state index in [9.17, 15) is 0 Å². The zero-order chi connectivity index (χ0) is 7.82. The average molecular weight is 145 g/mol. The van der Waals surface area contributed by atoms with Gasteiger partial charge in [-0.05, 0) is 25.9 Å². The summed E-state index contributed by atoms with van der Waals surface area (Å²) >= 11 is 0. The van der Waals surface area contributed by atoms with Gasteiger partial charge in [-0.2, -0.15) is 0 Å². The van der Waals surface area contributed by atoms with Crippen LogP contribution in [0.4, 0.5) is 0 Å². The molecule has 0 saturated carbocycles. The maximum absolute atomic E-state index is 8.55. The molecule has 2 heteroatoms. The molecule has 0 aromatic heterocycles. The average Bonchev–Trinajstić information content (AvgIpc) is 1.98. The predicted octanol–water partition coefficient (Wildman–Crippen LogP) is 1.10. The molecule has 0 aliphatic carbocycles. The van der Waals surface area contributed by atoms with Crippen LogP contribution < -0.4 is 0 Å². The highest BCUT2D eigenvalue weighted by molar-refractivity contribution is 4.52. The second-order valence-electron chi connectivity index (χ2n) is 2.51. The molecule has 0 aromatic rings. The Morgan fingerprint density at radius 2 is 1.90 bits per heavy atom. The third-order valence-electron chi connectivity index (χ3n) is 1.62. The summed E-state index contributed by atoms with van der Waals surface area (Å²) in [5, 5.41) is 8.55. The fourth-order valence-electron chi connectivity index (χ4n) is 1.04. The lowest BCUT2D eigenvalue weighted by Crippen LogP contribution is -2.25. The van der Waals surface area contributed by atoms with Gasteiger partial charge in [-0.25, -0.2) is 0 Å². The number of hydrogen-bond donors (Lipinski definition) is 1. The minimum atomic E-state index is 0.320. The number of rotatable bonds is 6. The van der Waals surface area contributed by atoms with Gasteiger partial charge >= 0.3 is 0 Å². The maximum Gasteiger partial charge on any atom is 0.0443 e. The van der Waals surface area contributed by atoms with Crippen molar-refractivity contribution in [1.29, 1.82) is 0 Å². The first-order chi connectivity index (χ1) is 4.85. The molecule has 0 bridgehead atoms. The summed E-state index contributed by atoms with van der Waals surface area (Å²) in [6, 6.07) is 0. The summed E-state index contributed by atoms with van der Waals surface area (Å²) in [7, 11) is 0. The quantitative estimate of drug-likeness (QED) is 0.605. The van der Waals surface area contributed by atoms with Gasteiger partial charge in [-0.1, -0.05) is 13.8 Å². The van der Waals surface area contributed by atoms with Crippen LogP contribution in [0.3, 0.4) is 0 Å². The van der Waals surface area contributed by atoms with Gasteiger partial charge in [0.25, 0.3) is 0 Å². The van der Waals surface area contributed by atoms with Crippen LogP contribution in [0.15, 0.2) is 0 Å². The van der Waals surface area contributed by atoms with Crippen LogP contribution in [0.25, 0.3) is 0 Å². The van der Waals surface area contributed by atoms with Crippen LogP contribution in [0.2, 0.25) is 0 Å². The van der Waals surface area contributed by atoms with Gasteiger partial charge in [0.15, 0.2) is 0 Å². The van der Waals surface area contributed by atoms with E-state index in [1.807, 2.05) is 0 Å². The molecule has 0 saturated heterocycles. The Labute approximate surface area is 63.8 Å². The molecule has 0 aliphatic heterocycles. The van der Waals surface area contributed by atoms with Gasteiger partial charge in [0.1, 0.15) is 0 Å². The van der Waals surface area contributed by atoms with Gasteiger partial charge in [0, 0.05) is 13.2 Å². The summed E-state index contributed by atoms with van der Waals surface area (Å²) in [5.41, 5.74) is 0. The van der Waals surface area contributed by atoms with E-state index in [2.05, 4.69) is 18.7 Å². The lowest BCUT2D eigenvalue weighted by molar-refractivity contribution is 0.230. The van der Waals surface area contributed by atoms with Crippen LogP contribution in [0, 0.1) is 0 Å². The Morgan fingerprint density at radius 1 is 1.20 bits per heavy atom. The van der Waals surface area contributed by atoms with Crippen LogP contribution in [-0.2, 0) is 0 Å². The van der Waals surface area contributed by atoms with Crippen molar-refractivity contribution in [2.45, 2.75) is 26.7 Å². The fourth-order valence-corrected chi connectivity index (χ4v) is 1.04. The summed E-state index contributed by atoms with van der Waals surface area (Å²) in [4.78, 5) is 2.36. The molecule has 0 rings (SSSR count). The van der Waals surface area contributed by atoms with E-state index >= 15 is 0 Å². The summed E-state index contributed by atoms with van der Waals surface area (Å²) in [5.74, 6) is 0. The molecule has 2 nitrogen and oxygen atoms in total. The van der Waals surface area contributed by atoms with Crippen molar-refractivity contribution in [3.63, 3.8) is 0 Å². The van der Waals surface area contributed by atoms with Crippen LogP contribution in [-0.4, -0.2) is 36.2 Å². The van der Waals surface area contributed by atoms with Crippen molar-refractivity contribution in [2.75, 3.05) is 26.2 Å². The Bertz CT molecular complexity index is 66.3. The first-order valence-electron chi connectivity index (χ1n) is 4.18. The molecule has 0 aliphatic rings. The molecule has 0 amide bonds. The first kappa shape index (κ1) is 9.92. The van der Waals surface area contributed by atoms with Crippen LogP contribution in [0.5, 0.6) is 0 Å². The zero-order valence-corrected chi connectivity index (χ0v) is 7.14. The molecule has 10 heavy (non-hydrogen) atoms. The van der Waals surface area contributed by atoms with Gasteiger partial charge in [-0.15, -0.1) is 0 Å². The highest BCUT2D eigenvalue weighted by atomic mass is 16.3. The second-order valence-corrected chi connectivity index (χ2v) is 2.51. The van der Waals surface area contributed by atoms with E-state index in [1.165, 1.54) is 6.42 Å². The topological polar surface area (TPSA) is 23.5 Å². The van der Waals surface area contributed by atoms with Crippen molar-refractivity contribution >= 4 is 0 Å². The first-order valence-corrected chi connectivity index (χ1v) is 4.18. The number of nitrogens with zero attached hydrogens (tertiary/aromatic N) is 1. The largest absolute Gasteiger partial charge is 0.396 e. The summed E-state index contributed by atoms with van der Waals surface area (Å²) < 4.78 is 0. The minimum Gasteiger partial charge on any atom is -0.396 e. The van der Waals surface area contributed by atoms with Gasteiger partial charge in [0.05, 0.1) is 0 Å². The van der Waals surface area contributed by atoms with Gasteiger partial charge < -0.3 is 10.0 Å². The van der Waals surface area contributed by atoms with E-state index in [-0.39, 0.29) is 0 Å². The third kappa shape index (κ3) is 4.77. The fraction of sp³-hybridized carbons (Fsp3) is 1.00. The van der Waals surface area contributed by atoms with Crippen LogP contribution in [0.1, 0.15) is 26.7 Å². The molecule has 62 valence electrons. The Kier molecular flexibility index (Phi) is 6.98. The molecule has 0 unspecified atom stereocenters. The summed E-state index contributed by atoms with van der Waals surface area (Å²) in [6.07, 6.45) is 2.12. The van der Waals surface area contributed by atoms with Crippen LogP contribution >= 0.6 is 0 Å². The van der Waals surface area contributed by atoms with Crippen molar-refractivity contribution in [1.82, 2.24) is 4.90 Å². The van der Waals surface area contributed by atoms with E-state index in [1.54, 1.807) is 0 Å². The zero-order valence-electron chi connectivity index (χ0n) is 7.14. The standard InChI is InChI=1S/C8H19NO/c1-3-6-9(4-2)7-5-8-10/h10H,3-8H2,1-2H3. The molecule has 0 aromatic carbocycles. The Morgan fingerprint density at radius 3 is 2.30 bits per heavy atom. The molecule has 0 spiro atoms. The minimum absolute atomic E-state index is 0.320. The van der Waals surface area contributed by atoms with Crippen molar-refractivity contribution in [3.8, 4) is 0 Å². The molecule has 0 fully saturated rings. The van der Waals surface area contributed by atoms with Crippen molar-refractivity contribution in [2.24, 2.45) is 0 Å². The summed E-state index contributed by atoms with van der Waals surface area (Å²) in [6.45, 7) is 7.97. The molecule has 0 heterocycles. The molecular formula is C8H19NO.